The van der Waals surface area contributed by atoms with Gasteiger partial charge in [-0.15, -0.1) is 0 Å². The topological polar surface area (TPSA) is 68.2 Å². The Hall–Kier alpha value is -2.34. The second-order valence-electron chi connectivity index (χ2n) is 7.31. The SMILES string of the molecule is Cc1ccc(CNC(=O)[C@H]2CNC[C@@H]2c2cnn(C)c2)c(OC(C)C)c1. The third-order valence-electron chi connectivity index (χ3n) is 4.74. The first-order chi connectivity index (χ1) is 12.4. The molecular formula is C20H28N4O2. The van der Waals surface area contributed by atoms with E-state index in [1.165, 1.54) is 0 Å². The lowest BCUT2D eigenvalue weighted by Gasteiger charge is -2.19. The van der Waals surface area contributed by atoms with Gasteiger partial charge in [0.2, 0.25) is 5.91 Å². The smallest absolute Gasteiger partial charge is 0.225 e. The molecule has 6 nitrogen and oxygen atoms in total. The van der Waals surface area contributed by atoms with Gasteiger partial charge in [-0.2, -0.15) is 5.10 Å². The molecule has 1 saturated heterocycles. The zero-order chi connectivity index (χ0) is 18.7. The van der Waals surface area contributed by atoms with Gasteiger partial charge >= 0.3 is 0 Å². The second kappa shape index (κ2) is 7.91. The van der Waals surface area contributed by atoms with Crippen LogP contribution in [-0.2, 0) is 18.4 Å². The summed E-state index contributed by atoms with van der Waals surface area (Å²) in [7, 11) is 1.90. The first-order valence-electron chi connectivity index (χ1n) is 9.17. The number of benzene rings is 1. The first kappa shape index (κ1) is 18.5. The van der Waals surface area contributed by atoms with E-state index >= 15 is 0 Å². The van der Waals surface area contributed by atoms with E-state index in [1.807, 2.05) is 58.4 Å². The van der Waals surface area contributed by atoms with Crippen molar-refractivity contribution in [3.8, 4) is 5.75 Å². The molecule has 1 aliphatic heterocycles. The largest absolute Gasteiger partial charge is 0.491 e. The standard InChI is InChI=1S/C20H28N4O2/c1-13(2)26-19-7-14(3)5-6-15(19)8-22-20(25)18-11-21-10-17(18)16-9-23-24(4)12-16/h5-7,9,12-13,17-18,21H,8,10-11H2,1-4H3,(H,22,25)/t17-,18+/m1/s1. The Morgan fingerprint density at radius 1 is 1.42 bits per heavy atom. The highest BCUT2D eigenvalue weighted by atomic mass is 16.5. The quantitative estimate of drug-likeness (QED) is 0.832. The molecule has 0 unspecified atom stereocenters. The van der Waals surface area contributed by atoms with Crippen LogP contribution in [0.5, 0.6) is 5.75 Å². The third-order valence-corrected chi connectivity index (χ3v) is 4.74. The summed E-state index contributed by atoms with van der Waals surface area (Å²) in [4.78, 5) is 12.8. The van der Waals surface area contributed by atoms with Gasteiger partial charge in [-0.05, 0) is 38.0 Å². The van der Waals surface area contributed by atoms with Crippen molar-refractivity contribution in [1.29, 1.82) is 0 Å². The van der Waals surface area contributed by atoms with E-state index in [0.29, 0.717) is 13.1 Å². The summed E-state index contributed by atoms with van der Waals surface area (Å²) in [6, 6.07) is 6.10. The highest BCUT2D eigenvalue weighted by molar-refractivity contribution is 5.80. The van der Waals surface area contributed by atoms with Gasteiger partial charge < -0.3 is 15.4 Å². The maximum Gasteiger partial charge on any atom is 0.225 e. The Labute approximate surface area is 154 Å². The number of nitrogens with zero attached hydrogens (tertiary/aromatic N) is 2. The van der Waals surface area contributed by atoms with Crippen LogP contribution in [0, 0.1) is 12.8 Å². The highest BCUT2D eigenvalue weighted by Gasteiger charge is 2.34. The number of ether oxygens (including phenoxy) is 1. The third kappa shape index (κ3) is 4.25. The predicted octanol–water partition coefficient (Wildman–Crippen LogP) is 2.14. The van der Waals surface area contributed by atoms with E-state index in [2.05, 4.69) is 15.7 Å². The average Bonchev–Trinajstić information content (AvgIpc) is 3.21. The van der Waals surface area contributed by atoms with Gasteiger partial charge in [0.05, 0.1) is 18.2 Å². The predicted molar refractivity (Wildman–Crippen MR) is 101 cm³/mol. The van der Waals surface area contributed by atoms with E-state index in [-0.39, 0.29) is 23.8 Å². The molecule has 0 aliphatic carbocycles. The van der Waals surface area contributed by atoms with Gasteiger partial charge in [-0.3, -0.25) is 9.48 Å². The number of amides is 1. The average molecular weight is 356 g/mol. The summed E-state index contributed by atoms with van der Waals surface area (Å²) in [5.74, 6) is 0.987. The molecule has 1 aromatic heterocycles. The van der Waals surface area contributed by atoms with Crippen molar-refractivity contribution in [3.63, 3.8) is 0 Å². The molecular weight excluding hydrogens is 328 g/mol. The molecule has 2 heterocycles. The number of carbonyl (C=O) groups excluding carboxylic acids is 1. The fourth-order valence-corrected chi connectivity index (χ4v) is 3.42. The van der Waals surface area contributed by atoms with Crippen LogP contribution >= 0.6 is 0 Å². The summed E-state index contributed by atoms with van der Waals surface area (Å²) in [6.45, 7) is 8.01. The molecule has 0 radical (unpaired) electrons. The minimum Gasteiger partial charge on any atom is -0.491 e. The lowest BCUT2D eigenvalue weighted by Crippen LogP contribution is -2.34. The zero-order valence-corrected chi connectivity index (χ0v) is 16.0. The molecule has 2 aromatic rings. The molecule has 6 heteroatoms. The molecule has 1 fully saturated rings. The van der Waals surface area contributed by atoms with Crippen molar-refractivity contribution < 1.29 is 9.53 Å². The number of aromatic nitrogens is 2. The molecule has 1 aliphatic rings. The fourth-order valence-electron chi connectivity index (χ4n) is 3.42. The van der Waals surface area contributed by atoms with Crippen LogP contribution in [0.2, 0.25) is 0 Å². The van der Waals surface area contributed by atoms with Crippen molar-refractivity contribution in [2.45, 2.75) is 39.3 Å². The molecule has 3 rings (SSSR count). The van der Waals surface area contributed by atoms with E-state index in [9.17, 15) is 4.79 Å². The van der Waals surface area contributed by atoms with E-state index in [1.54, 1.807) is 4.68 Å². The van der Waals surface area contributed by atoms with Crippen LogP contribution in [0.3, 0.4) is 0 Å². The van der Waals surface area contributed by atoms with Gasteiger partial charge in [0, 0.05) is 44.4 Å². The van der Waals surface area contributed by atoms with E-state index in [4.69, 9.17) is 4.74 Å². The van der Waals surface area contributed by atoms with Crippen LogP contribution in [-0.4, -0.2) is 34.9 Å². The van der Waals surface area contributed by atoms with Gasteiger partial charge in [0.25, 0.3) is 0 Å². The second-order valence-corrected chi connectivity index (χ2v) is 7.31. The normalized spacial score (nSPS) is 19.7. The molecule has 2 atom stereocenters. The Morgan fingerprint density at radius 3 is 2.92 bits per heavy atom. The van der Waals surface area contributed by atoms with Crippen molar-refractivity contribution >= 4 is 5.91 Å². The van der Waals surface area contributed by atoms with Crippen molar-refractivity contribution in [1.82, 2.24) is 20.4 Å². The number of hydrogen-bond donors (Lipinski definition) is 2. The minimum absolute atomic E-state index is 0.0694. The molecule has 0 spiro atoms. The lowest BCUT2D eigenvalue weighted by atomic mass is 9.90. The summed E-state index contributed by atoms with van der Waals surface area (Å²) >= 11 is 0. The Bertz CT molecular complexity index is 769. The molecule has 26 heavy (non-hydrogen) atoms. The number of hydrogen-bond acceptors (Lipinski definition) is 4. The van der Waals surface area contributed by atoms with Crippen LogP contribution in [0.1, 0.15) is 36.5 Å². The van der Waals surface area contributed by atoms with Crippen molar-refractivity contribution in [2.24, 2.45) is 13.0 Å². The van der Waals surface area contributed by atoms with E-state index < -0.39 is 0 Å². The van der Waals surface area contributed by atoms with E-state index in [0.717, 1.165) is 29.0 Å². The first-order valence-corrected chi connectivity index (χ1v) is 9.17. The number of aryl methyl sites for hydroxylation is 2. The summed E-state index contributed by atoms with van der Waals surface area (Å²) in [6.07, 6.45) is 3.94. The number of rotatable bonds is 6. The molecule has 140 valence electrons. The minimum atomic E-state index is -0.0842. The lowest BCUT2D eigenvalue weighted by molar-refractivity contribution is -0.125. The van der Waals surface area contributed by atoms with Gasteiger partial charge in [-0.25, -0.2) is 0 Å². The molecule has 0 saturated carbocycles. The molecule has 1 amide bonds. The number of carbonyl (C=O) groups is 1. The van der Waals surface area contributed by atoms with Gasteiger partial charge in [-0.1, -0.05) is 12.1 Å². The van der Waals surface area contributed by atoms with Crippen LogP contribution in [0.25, 0.3) is 0 Å². The Balaban J connectivity index is 1.67. The highest BCUT2D eigenvalue weighted by Crippen LogP contribution is 2.28. The Kier molecular flexibility index (Phi) is 5.61. The Morgan fingerprint density at radius 2 is 2.23 bits per heavy atom. The molecule has 1 aromatic carbocycles. The molecule has 0 bridgehead atoms. The van der Waals surface area contributed by atoms with Crippen molar-refractivity contribution in [2.75, 3.05) is 13.1 Å². The molecule has 2 N–H and O–H groups in total. The maximum atomic E-state index is 12.8. The summed E-state index contributed by atoms with van der Waals surface area (Å²) in [5, 5.41) is 10.7. The van der Waals surface area contributed by atoms with Crippen LogP contribution < -0.4 is 15.4 Å². The van der Waals surface area contributed by atoms with Crippen LogP contribution in [0.4, 0.5) is 0 Å². The number of nitrogens with one attached hydrogen (secondary N) is 2. The van der Waals surface area contributed by atoms with Gasteiger partial charge in [0.1, 0.15) is 5.75 Å². The van der Waals surface area contributed by atoms with Gasteiger partial charge in [0.15, 0.2) is 0 Å². The summed E-state index contributed by atoms with van der Waals surface area (Å²) in [5.41, 5.74) is 3.26. The van der Waals surface area contributed by atoms with Crippen molar-refractivity contribution in [3.05, 3.63) is 47.3 Å². The van der Waals surface area contributed by atoms with Crippen LogP contribution in [0.15, 0.2) is 30.6 Å². The monoisotopic (exact) mass is 356 g/mol. The summed E-state index contributed by atoms with van der Waals surface area (Å²) < 4.78 is 7.68. The maximum absolute atomic E-state index is 12.8. The zero-order valence-electron chi connectivity index (χ0n) is 16.0. The fraction of sp³-hybridized carbons (Fsp3) is 0.500.